The van der Waals surface area contributed by atoms with Gasteiger partial charge in [-0.05, 0) is 66.4 Å². The van der Waals surface area contributed by atoms with E-state index in [0.717, 1.165) is 16.5 Å². The largest absolute Gasteiger partial charge is 0.490 e. The van der Waals surface area contributed by atoms with Crippen LogP contribution in [0.4, 0.5) is 4.39 Å². The molecule has 0 saturated heterocycles. The number of rotatable bonds is 10. The molecule has 6 nitrogen and oxygen atoms in total. The summed E-state index contributed by atoms with van der Waals surface area (Å²) in [6.07, 6.45) is 4.07. The number of aromatic nitrogens is 1. The molecule has 4 rings (SSSR count). The van der Waals surface area contributed by atoms with Gasteiger partial charge in [-0.3, -0.25) is 4.79 Å². The predicted molar refractivity (Wildman–Crippen MR) is 145 cm³/mol. The van der Waals surface area contributed by atoms with Crippen LogP contribution in [0, 0.1) is 17.1 Å². The Kier molecular flexibility index (Phi) is 8.60. The van der Waals surface area contributed by atoms with Crippen molar-refractivity contribution >= 4 is 38.8 Å². The maximum Gasteiger partial charge on any atom is 0.261 e. The Hall–Kier alpha value is -4.09. The van der Waals surface area contributed by atoms with E-state index in [2.05, 4.69) is 26.2 Å². The van der Waals surface area contributed by atoms with Crippen LogP contribution in [0.15, 0.2) is 76.9 Å². The summed E-state index contributed by atoms with van der Waals surface area (Å²) in [7, 11) is 0. The van der Waals surface area contributed by atoms with Crippen LogP contribution in [0.25, 0.3) is 17.0 Å². The minimum absolute atomic E-state index is 0.0319. The van der Waals surface area contributed by atoms with Gasteiger partial charge in [0.1, 0.15) is 24.1 Å². The number of nitriles is 1. The van der Waals surface area contributed by atoms with Crippen LogP contribution in [0.2, 0.25) is 0 Å². The van der Waals surface area contributed by atoms with Crippen molar-refractivity contribution in [3.63, 3.8) is 0 Å². The lowest BCUT2D eigenvalue weighted by molar-refractivity contribution is -0.117. The number of benzene rings is 3. The second-order valence-corrected chi connectivity index (χ2v) is 9.06. The fraction of sp³-hybridized carbons (Fsp3) is 0.172. The number of ether oxygens (including phenoxy) is 2. The number of carbonyl (C=O) groups excluding carboxylic acids is 1. The Labute approximate surface area is 222 Å². The molecule has 0 atom stereocenters. The van der Waals surface area contributed by atoms with Crippen molar-refractivity contribution < 1.29 is 18.7 Å². The molecule has 0 fully saturated rings. The Morgan fingerprint density at radius 2 is 1.95 bits per heavy atom. The lowest BCUT2D eigenvalue weighted by Crippen LogP contribution is -2.26. The maximum absolute atomic E-state index is 13.5. The lowest BCUT2D eigenvalue weighted by Gasteiger charge is -2.14. The Balaban J connectivity index is 1.46. The van der Waals surface area contributed by atoms with E-state index in [9.17, 15) is 14.4 Å². The minimum Gasteiger partial charge on any atom is -0.490 e. The van der Waals surface area contributed by atoms with E-state index in [4.69, 9.17) is 9.47 Å². The molecule has 0 radical (unpaired) electrons. The average molecular weight is 562 g/mol. The number of nitrogens with zero attached hydrogens (tertiary/aromatic N) is 1. The Morgan fingerprint density at radius 3 is 2.73 bits per heavy atom. The molecule has 0 saturated carbocycles. The Bertz CT molecular complexity index is 1490. The number of nitrogens with one attached hydrogen (secondary N) is 2. The first-order valence-corrected chi connectivity index (χ1v) is 12.6. The minimum atomic E-state index is -0.460. The molecule has 0 aliphatic rings. The molecular weight excluding hydrogens is 537 g/mol. The van der Waals surface area contributed by atoms with Gasteiger partial charge in [0.25, 0.3) is 5.91 Å². The molecule has 0 aliphatic carbocycles. The van der Waals surface area contributed by atoms with E-state index in [1.807, 2.05) is 43.5 Å². The third-order valence-electron chi connectivity index (χ3n) is 5.67. The van der Waals surface area contributed by atoms with Gasteiger partial charge in [0.2, 0.25) is 0 Å². The Morgan fingerprint density at radius 1 is 1.14 bits per heavy atom. The van der Waals surface area contributed by atoms with Crippen LogP contribution in [-0.2, 0) is 17.8 Å². The molecule has 8 heteroatoms. The van der Waals surface area contributed by atoms with E-state index < -0.39 is 5.91 Å². The van der Waals surface area contributed by atoms with Gasteiger partial charge < -0.3 is 19.8 Å². The number of H-pyrrole nitrogens is 1. The molecule has 0 bridgehead atoms. The van der Waals surface area contributed by atoms with Crippen LogP contribution in [0.3, 0.4) is 0 Å². The summed E-state index contributed by atoms with van der Waals surface area (Å²) in [5, 5.41) is 13.6. The van der Waals surface area contributed by atoms with Crippen molar-refractivity contribution in [2.75, 3.05) is 13.2 Å². The zero-order valence-corrected chi connectivity index (χ0v) is 21.8. The third-order valence-corrected chi connectivity index (χ3v) is 6.35. The monoisotopic (exact) mass is 561 g/mol. The molecule has 188 valence electrons. The van der Waals surface area contributed by atoms with E-state index in [-0.39, 0.29) is 18.0 Å². The van der Waals surface area contributed by atoms with Crippen LogP contribution < -0.4 is 14.8 Å². The quantitative estimate of drug-likeness (QED) is 0.175. The topological polar surface area (TPSA) is 87.1 Å². The van der Waals surface area contributed by atoms with Gasteiger partial charge in [-0.2, -0.15) is 5.26 Å². The fourth-order valence-corrected chi connectivity index (χ4v) is 4.32. The molecule has 0 spiro atoms. The molecule has 0 unspecified atom stereocenters. The van der Waals surface area contributed by atoms with E-state index in [0.29, 0.717) is 46.7 Å². The summed E-state index contributed by atoms with van der Waals surface area (Å²) in [6, 6.07) is 19.5. The molecule has 4 aromatic rings. The van der Waals surface area contributed by atoms with Crippen LogP contribution in [0.5, 0.6) is 11.5 Å². The molecule has 37 heavy (non-hydrogen) atoms. The molecule has 0 aliphatic heterocycles. The van der Waals surface area contributed by atoms with Crippen LogP contribution >= 0.6 is 15.9 Å². The molecule has 3 aromatic carbocycles. The standard InChI is InChI=1S/C29H25BrFN3O3/c1-2-36-27-14-21(25(30)15-28(27)37-18-19-6-5-7-23(31)12-19)13-22(16-32)29(35)33-11-10-20-17-34-26-9-4-3-8-24(20)26/h3-9,12-15,17,34H,2,10-11,18H2,1H3,(H,33,35)/b22-13-. The van der Waals surface area contributed by atoms with Gasteiger partial charge in [0, 0.05) is 28.1 Å². The molecule has 1 aromatic heterocycles. The van der Waals surface area contributed by atoms with Crippen LogP contribution in [0.1, 0.15) is 23.6 Å². The number of carbonyl (C=O) groups is 1. The highest BCUT2D eigenvalue weighted by Crippen LogP contribution is 2.35. The normalized spacial score (nSPS) is 11.2. The summed E-state index contributed by atoms with van der Waals surface area (Å²) in [4.78, 5) is 16.0. The smallest absolute Gasteiger partial charge is 0.261 e. The van der Waals surface area contributed by atoms with Crippen molar-refractivity contribution in [2.45, 2.75) is 20.0 Å². The maximum atomic E-state index is 13.5. The zero-order chi connectivity index (χ0) is 26.2. The molecule has 2 N–H and O–H groups in total. The summed E-state index contributed by atoms with van der Waals surface area (Å²) in [5.74, 6) is 0.109. The lowest BCUT2D eigenvalue weighted by atomic mass is 10.1. The molecule has 1 amide bonds. The van der Waals surface area contributed by atoms with Gasteiger partial charge in [-0.1, -0.05) is 46.3 Å². The van der Waals surface area contributed by atoms with Gasteiger partial charge in [-0.15, -0.1) is 0 Å². The SMILES string of the molecule is CCOc1cc(/C=C(/C#N)C(=O)NCCc2c[nH]c3ccccc23)c(Br)cc1OCc1cccc(F)c1. The highest BCUT2D eigenvalue weighted by molar-refractivity contribution is 9.10. The number of hydrogen-bond acceptors (Lipinski definition) is 4. The summed E-state index contributed by atoms with van der Waals surface area (Å²) in [6.45, 7) is 2.77. The van der Waals surface area contributed by atoms with Crippen molar-refractivity contribution in [3.05, 3.63) is 99.4 Å². The fourth-order valence-electron chi connectivity index (χ4n) is 3.88. The van der Waals surface area contributed by atoms with Crippen molar-refractivity contribution in [1.29, 1.82) is 5.26 Å². The van der Waals surface area contributed by atoms with Crippen molar-refractivity contribution in [3.8, 4) is 17.6 Å². The van der Waals surface area contributed by atoms with Gasteiger partial charge in [0.05, 0.1) is 6.61 Å². The summed E-state index contributed by atoms with van der Waals surface area (Å²) >= 11 is 3.49. The highest BCUT2D eigenvalue weighted by atomic mass is 79.9. The molecular formula is C29H25BrFN3O3. The number of fused-ring (bicyclic) bond motifs is 1. The number of hydrogen-bond donors (Lipinski definition) is 2. The zero-order valence-electron chi connectivity index (χ0n) is 20.2. The second-order valence-electron chi connectivity index (χ2n) is 8.21. The van der Waals surface area contributed by atoms with Crippen molar-refractivity contribution in [2.24, 2.45) is 0 Å². The summed E-state index contributed by atoms with van der Waals surface area (Å²) in [5.41, 5.74) is 3.37. The van der Waals surface area contributed by atoms with Gasteiger partial charge in [0.15, 0.2) is 11.5 Å². The first-order valence-electron chi connectivity index (χ1n) is 11.8. The third kappa shape index (κ3) is 6.57. The highest BCUT2D eigenvalue weighted by Gasteiger charge is 2.14. The van der Waals surface area contributed by atoms with Gasteiger partial charge in [-0.25, -0.2) is 4.39 Å². The first-order chi connectivity index (χ1) is 18.0. The number of amides is 1. The van der Waals surface area contributed by atoms with E-state index in [1.165, 1.54) is 18.2 Å². The average Bonchev–Trinajstić information content (AvgIpc) is 3.31. The first kappa shape index (κ1) is 26.0. The van der Waals surface area contributed by atoms with E-state index >= 15 is 0 Å². The van der Waals surface area contributed by atoms with Gasteiger partial charge >= 0.3 is 0 Å². The second kappa shape index (κ2) is 12.2. The number of para-hydroxylation sites is 1. The molecule has 1 heterocycles. The van der Waals surface area contributed by atoms with Crippen LogP contribution in [-0.4, -0.2) is 24.0 Å². The summed E-state index contributed by atoms with van der Waals surface area (Å²) < 4.78 is 25.7. The number of aromatic amines is 1. The van der Waals surface area contributed by atoms with Crippen molar-refractivity contribution in [1.82, 2.24) is 10.3 Å². The van der Waals surface area contributed by atoms with E-state index in [1.54, 1.807) is 24.3 Å². The number of halogens is 2. The predicted octanol–water partition coefficient (Wildman–Crippen LogP) is 6.31.